The number of hydrogen-bond acceptors (Lipinski definition) is 3. The Balaban J connectivity index is 2.01. The lowest BCUT2D eigenvalue weighted by Crippen LogP contribution is -2.09. The maximum absolute atomic E-state index is 12.7. The molecule has 3 heteroatoms. The zero-order valence-electron chi connectivity index (χ0n) is 13.3. The number of pyridine rings is 1. The number of rotatable bonds is 4. The lowest BCUT2D eigenvalue weighted by atomic mass is 9.95. The summed E-state index contributed by atoms with van der Waals surface area (Å²) >= 11 is 0. The fraction of sp³-hybridized carbons (Fsp3) is 0.200. The van der Waals surface area contributed by atoms with E-state index < -0.39 is 0 Å². The first-order chi connectivity index (χ1) is 11.1. The Morgan fingerprint density at radius 3 is 2.61 bits per heavy atom. The maximum Gasteiger partial charge on any atom is 0.167 e. The van der Waals surface area contributed by atoms with E-state index in [1.54, 1.807) is 6.07 Å². The van der Waals surface area contributed by atoms with E-state index in [0.29, 0.717) is 11.1 Å². The van der Waals surface area contributed by atoms with Crippen LogP contribution in [0.25, 0.3) is 10.9 Å². The molecule has 116 valence electrons. The highest BCUT2D eigenvalue weighted by atomic mass is 16.3. The average molecular weight is 305 g/mol. The number of hydrogen-bond donors (Lipinski definition) is 1. The standard InChI is InChI=1S/C20H19NO2/c1-13-5-3-8-17(18(13)12-22)19(23)11-16-7-4-6-15-10-9-14(2)21-20(15)16/h3-10,22H,11-12H2,1-2H3. The van der Waals surface area contributed by atoms with Crippen LogP contribution in [0.4, 0.5) is 0 Å². The SMILES string of the molecule is Cc1ccc2cccc(CC(=O)c3cccc(C)c3CO)c2n1. The van der Waals surface area contributed by atoms with Gasteiger partial charge in [-0.05, 0) is 36.6 Å². The van der Waals surface area contributed by atoms with Crippen molar-refractivity contribution < 1.29 is 9.90 Å². The summed E-state index contributed by atoms with van der Waals surface area (Å²) in [6, 6.07) is 15.4. The molecule has 23 heavy (non-hydrogen) atoms. The van der Waals surface area contributed by atoms with E-state index in [-0.39, 0.29) is 18.8 Å². The maximum atomic E-state index is 12.7. The van der Waals surface area contributed by atoms with Gasteiger partial charge in [-0.1, -0.05) is 42.5 Å². The minimum atomic E-state index is -0.124. The quantitative estimate of drug-likeness (QED) is 0.746. The normalized spacial score (nSPS) is 10.9. The molecule has 0 unspecified atom stereocenters. The Morgan fingerprint density at radius 1 is 1.04 bits per heavy atom. The number of Topliss-reactive ketones (excluding diaryl/α,β-unsaturated/α-hetero) is 1. The van der Waals surface area contributed by atoms with Crippen LogP contribution >= 0.6 is 0 Å². The minimum absolute atomic E-state index is 0.00792. The highest BCUT2D eigenvalue weighted by Gasteiger charge is 2.15. The van der Waals surface area contributed by atoms with E-state index in [4.69, 9.17) is 0 Å². The van der Waals surface area contributed by atoms with Crippen LogP contribution in [0.15, 0.2) is 48.5 Å². The molecule has 0 amide bonds. The smallest absolute Gasteiger partial charge is 0.167 e. The molecule has 0 fully saturated rings. The van der Waals surface area contributed by atoms with E-state index in [9.17, 15) is 9.90 Å². The lowest BCUT2D eigenvalue weighted by Gasteiger charge is -2.11. The van der Waals surface area contributed by atoms with Crippen molar-refractivity contribution in [1.29, 1.82) is 0 Å². The van der Waals surface area contributed by atoms with Crippen LogP contribution in [0.1, 0.15) is 32.7 Å². The topological polar surface area (TPSA) is 50.2 Å². The molecule has 2 aromatic carbocycles. The molecule has 3 rings (SSSR count). The number of fused-ring (bicyclic) bond motifs is 1. The van der Waals surface area contributed by atoms with Gasteiger partial charge in [-0.2, -0.15) is 0 Å². The number of aliphatic hydroxyl groups is 1. The molecule has 0 bridgehead atoms. The van der Waals surface area contributed by atoms with Crippen molar-refractivity contribution in [2.75, 3.05) is 0 Å². The Kier molecular flexibility index (Phi) is 4.22. The van der Waals surface area contributed by atoms with Crippen LogP contribution in [0.3, 0.4) is 0 Å². The van der Waals surface area contributed by atoms with Gasteiger partial charge in [0.05, 0.1) is 12.1 Å². The number of benzene rings is 2. The highest BCUT2D eigenvalue weighted by molar-refractivity contribution is 6.01. The number of carbonyl (C=O) groups excluding carboxylic acids is 1. The average Bonchev–Trinajstić information content (AvgIpc) is 2.55. The molecule has 1 aromatic heterocycles. The van der Waals surface area contributed by atoms with Crippen LogP contribution in [0.2, 0.25) is 0 Å². The minimum Gasteiger partial charge on any atom is -0.392 e. The summed E-state index contributed by atoms with van der Waals surface area (Å²) in [5.74, 6) is 0.00792. The number of aliphatic hydroxyl groups excluding tert-OH is 1. The number of aryl methyl sites for hydroxylation is 2. The molecule has 0 aliphatic heterocycles. The first-order valence-corrected chi connectivity index (χ1v) is 7.68. The fourth-order valence-electron chi connectivity index (χ4n) is 2.89. The van der Waals surface area contributed by atoms with Crippen LogP contribution in [0.5, 0.6) is 0 Å². The van der Waals surface area contributed by atoms with Gasteiger partial charge in [0.1, 0.15) is 0 Å². The molecular formula is C20H19NO2. The first-order valence-electron chi connectivity index (χ1n) is 7.68. The van der Waals surface area contributed by atoms with Crippen LogP contribution in [0, 0.1) is 13.8 Å². The molecule has 0 spiro atoms. The van der Waals surface area contributed by atoms with Gasteiger partial charge in [0.2, 0.25) is 0 Å². The number of aromatic nitrogens is 1. The first kappa shape index (κ1) is 15.4. The number of nitrogens with zero attached hydrogens (tertiary/aromatic N) is 1. The molecule has 0 aliphatic rings. The Bertz CT molecular complexity index is 884. The molecule has 0 aliphatic carbocycles. The van der Waals surface area contributed by atoms with E-state index in [1.807, 2.05) is 56.3 Å². The van der Waals surface area contributed by atoms with Crippen LogP contribution in [-0.2, 0) is 13.0 Å². The summed E-state index contributed by atoms with van der Waals surface area (Å²) in [6.07, 6.45) is 0.282. The molecule has 0 radical (unpaired) electrons. The zero-order chi connectivity index (χ0) is 16.4. The summed E-state index contributed by atoms with van der Waals surface area (Å²) in [7, 11) is 0. The van der Waals surface area contributed by atoms with Crippen LogP contribution < -0.4 is 0 Å². The lowest BCUT2D eigenvalue weighted by molar-refractivity contribution is 0.0990. The van der Waals surface area contributed by atoms with E-state index in [0.717, 1.165) is 27.7 Å². The summed E-state index contributed by atoms with van der Waals surface area (Å²) in [5, 5.41) is 10.6. The Labute approximate surface area is 135 Å². The second kappa shape index (κ2) is 6.31. The van der Waals surface area contributed by atoms with Gasteiger partial charge in [0, 0.05) is 23.1 Å². The monoisotopic (exact) mass is 305 g/mol. The third-order valence-corrected chi connectivity index (χ3v) is 4.16. The van der Waals surface area contributed by atoms with E-state index >= 15 is 0 Å². The van der Waals surface area contributed by atoms with Gasteiger partial charge in [-0.15, -0.1) is 0 Å². The summed E-state index contributed by atoms with van der Waals surface area (Å²) in [5.41, 5.74) is 4.97. The van der Waals surface area contributed by atoms with Gasteiger partial charge >= 0.3 is 0 Å². The zero-order valence-corrected chi connectivity index (χ0v) is 13.3. The second-order valence-electron chi connectivity index (χ2n) is 5.80. The van der Waals surface area contributed by atoms with Gasteiger partial charge < -0.3 is 5.11 Å². The predicted octanol–water partition coefficient (Wildman–Crippen LogP) is 3.77. The van der Waals surface area contributed by atoms with Crippen molar-refractivity contribution in [1.82, 2.24) is 4.98 Å². The number of para-hydroxylation sites is 1. The van der Waals surface area contributed by atoms with Gasteiger partial charge in [0.25, 0.3) is 0 Å². The van der Waals surface area contributed by atoms with Crippen molar-refractivity contribution in [3.8, 4) is 0 Å². The van der Waals surface area contributed by atoms with Crippen molar-refractivity contribution in [3.63, 3.8) is 0 Å². The van der Waals surface area contributed by atoms with Gasteiger partial charge in [0.15, 0.2) is 5.78 Å². The summed E-state index contributed by atoms with van der Waals surface area (Å²) in [6.45, 7) is 3.73. The Hall–Kier alpha value is -2.52. The molecule has 0 saturated heterocycles. The number of carbonyl (C=O) groups is 1. The van der Waals surface area contributed by atoms with Gasteiger partial charge in [-0.25, -0.2) is 0 Å². The molecule has 1 N–H and O–H groups in total. The summed E-state index contributed by atoms with van der Waals surface area (Å²) in [4.78, 5) is 17.3. The van der Waals surface area contributed by atoms with Crippen LogP contribution in [-0.4, -0.2) is 15.9 Å². The van der Waals surface area contributed by atoms with E-state index in [2.05, 4.69) is 4.98 Å². The largest absolute Gasteiger partial charge is 0.392 e. The molecule has 3 aromatic rings. The molecule has 0 saturated carbocycles. The highest BCUT2D eigenvalue weighted by Crippen LogP contribution is 2.21. The molecule has 0 atom stereocenters. The van der Waals surface area contributed by atoms with Gasteiger partial charge in [-0.3, -0.25) is 9.78 Å². The Morgan fingerprint density at radius 2 is 1.83 bits per heavy atom. The van der Waals surface area contributed by atoms with Crippen molar-refractivity contribution in [3.05, 3.63) is 76.5 Å². The van der Waals surface area contributed by atoms with Crippen molar-refractivity contribution in [2.24, 2.45) is 0 Å². The van der Waals surface area contributed by atoms with E-state index in [1.165, 1.54) is 0 Å². The van der Waals surface area contributed by atoms with Crippen molar-refractivity contribution in [2.45, 2.75) is 26.9 Å². The molecular weight excluding hydrogens is 286 g/mol. The summed E-state index contributed by atoms with van der Waals surface area (Å²) < 4.78 is 0. The third kappa shape index (κ3) is 3.01. The fourth-order valence-corrected chi connectivity index (χ4v) is 2.89. The van der Waals surface area contributed by atoms with Crippen molar-refractivity contribution >= 4 is 16.7 Å². The third-order valence-electron chi connectivity index (χ3n) is 4.16. The molecule has 1 heterocycles. The second-order valence-corrected chi connectivity index (χ2v) is 5.80. The predicted molar refractivity (Wildman–Crippen MR) is 91.6 cm³/mol. The molecule has 3 nitrogen and oxygen atoms in total. The number of ketones is 1.